The molecule has 0 spiro atoms. The first-order chi connectivity index (χ1) is 6.24. The molecule has 13 heavy (non-hydrogen) atoms. The van der Waals surface area contributed by atoms with Gasteiger partial charge in [-0.25, -0.2) is 0 Å². The van der Waals surface area contributed by atoms with Crippen molar-refractivity contribution in [3.8, 4) is 0 Å². The van der Waals surface area contributed by atoms with Gasteiger partial charge in [0, 0.05) is 18.5 Å². The van der Waals surface area contributed by atoms with Crippen molar-refractivity contribution in [2.75, 3.05) is 11.5 Å². The van der Waals surface area contributed by atoms with Gasteiger partial charge in [0.2, 0.25) is 0 Å². The average Bonchev–Trinajstić information content (AvgIpc) is 2.53. The predicted molar refractivity (Wildman–Crippen MR) is 55.2 cm³/mol. The van der Waals surface area contributed by atoms with E-state index in [9.17, 15) is 4.79 Å². The molecule has 0 atom stereocenters. The normalized spacial score (nSPS) is 10.3. The third-order valence-corrected chi connectivity index (χ3v) is 2.59. The van der Waals surface area contributed by atoms with E-state index in [4.69, 9.17) is 0 Å². The minimum atomic E-state index is 0.0781. The van der Waals surface area contributed by atoms with Crippen LogP contribution in [-0.2, 0) is 6.54 Å². The molecule has 0 aliphatic carbocycles. The molecule has 0 saturated carbocycles. The van der Waals surface area contributed by atoms with Gasteiger partial charge in [-0.2, -0.15) is 16.9 Å². The average molecular weight is 198 g/mol. The van der Waals surface area contributed by atoms with E-state index in [1.54, 1.807) is 19.3 Å². The van der Waals surface area contributed by atoms with Crippen LogP contribution in [0.1, 0.15) is 24.2 Å². The number of rotatable bonds is 5. The Labute approximate surface area is 82.5 Å². The Hall–Kier alpha value is -0.770. The second-order valence-corrected chi connectivity index (χ2v) is 4.14. The predicted octanol–water partition coefficient (Wildman–Crippen LogP) is 1.84. The van der Waals surface area contributed by atoms with Crippen LogP contribution < -0.4 is 0 Å². The molecule has 3 nitrogen and oxygen atoms in total. The quantitative estimate of drug-likeness (QED) is 0.535. The molecular weight excluding hydrogens is 184 g/mol. The lowest BCUT2D eigenvalue weighted by atomic mass is 10.3. The van der Waals surface area contributed by atoms with E-state index in [0.29, 0.717) is 5.56 Å². The first kappa shape index (κ1) is 10.3. The van der Waals surface area contributed by atoms with Crippen LogP contribution in [0.3, 0.4) is 0 Å². The lowest BCUT2D eigenvalue weighted by molar-refractivity contribution is 0.101. The van der Waals surface area contributed by atoms with E-state index in [1.165, 1.54) is 0 Å². The number of Topliss-reactive ketones (excluding diaryl/α,β-unsaturated/α-hetero) is 1. The molecule has 0 N–H and O–H groups in total. The highest BCUT2D eigenvalue weighted by Crippen LogP contribution is 2.02. The number of nitrogens with zero attached hydrogens (tertiary/aromatic N) is 2. The minimum Gasteiger partial charge on any atom is -0.294 e. The monoisotopic (exact) mass is 198 g/mol. The lowest BCUT2D eigenvalue weighted by Crippen LogP contribution is -2.00. The van der Waals surface area contributed by atoms with Gasteiger partial charge in [0.1, 0.15) is 0 Å². The second kappa shape index (κ2) is 5.07. The van der Waals surface area contributed by atoms with Crippen LogP contribution in [0.2, 0.25) is 0 Å². The number of aryl methyl sites for hydroxylation is 1. The third kappa shape index (κ3) is 3.22. The Bertz CT molecular complexity index is 283. The van der Waals surface area contributed by atoms with Gasteiger partial charge in [-0.05, 0) is 12.7 Å². The van der Waals surface area contributed by atoms with E-state index < -0.39 is 0 Å². The smallest absolute Gasteiger partial charge is 0.162 e. The first-order valence-electron chi connectivity index (χ1n) is 4.35. The summed E-state index contributed by atoms with van der Waals surface area (Å²) in [7, 11) is 0. The molecule has 72 valence electrons. The van der Waals surface area contributed by atoms with Gasteiger partial charge < -0.3 is 0 Å². The minimum absolute atomic E-state index is 0.0781. The summed E-state index contributed by atoms with van der Waals surface area (Å²) >= 11 is 1.87. The Morgan fingerprint density at radius 2 is 2.46 bits per heavy atom. The molecule has 0 unspecified atom stereocenters. The summed E-state index contributed by atoms with van der Waals surface area (Å²) in [5.74, 6) is 2.26. The summed E-state index contributed by atoms with van der Waals surface area (Å²) in [5.41, 5.74) is 0.696. The summed E-state index contributed by atoms with van der Waals surface area (Å²) in [5, 5.41) is 4.09. The van der Waals surface area contributed by atoms with Crippen molar-refractivity contribution in [3.05, 3.63) is 18.0 Å². The molecule has 0 aliphatic heterocycles. The van der Waals surface area contributed by atoms with Gasteiger partial charge in [0.15, 0.2) is 5.78 Å². The standard InChI is InChI=1S/C9H14N2OS/c1-3-13-5-4-11-7-9(6-10-11)8(2)12/h6-7H,3-5H2,1-2H3. The number of thioether (sulfide) groups is 1. The zero-order chi connectivity index (χ0) is 9.68. The van der Waals surface area contributed by atoms with Gasteiger partial charge in [-0.3, -0.25) is 9.48 Å². The summed E-state index contributed by atoms with van der Waals surface area (Å²) in [6.07, 6.45) is 3.43. The van der Waals surface area contributed by atoms with Crippen molar-refractivity contribution in [1.29, 1.82) is 0 Å². The molecule has 1 rings (SSSR count). The van der Waals surface area contributed by atoms with Crippen LogP contribution in [-0.4, -0.2) is 27.1 Å². The van der Waals surface area contributed by atoms with E-state index in [0.717, 1.165) is 18.1 Å². The Balaban J connectivity index is 2.44. The van der Waals surface area contributed by atoms with Gasteiger partial charge in [-0.15, -0.1) is 0 Å². The summed E-state index contributed by atoms with van der Waals surface area (Å²) in [6, 6.07) is 0. The molecule has 4 heteroatoms. The maximum atomic E-state index is 10.9. The van der Waals surface area contributed by atoms with Crippen LogP contribution in [0.15, 0.2) is 12.4 Å². The van der Waals surface area contributed by atoms with Crippen molar-refractivity contribution >= 4 is 17.5 Å². The van der Waals surface area contributed by atoms with Crippen LogP contribution in [0.5, 0.6) is 0 Å². The Kier molecular flexibility index (Phi) is 4.02. The number of hydrogen-bond donors (Lipinski definition) is 0. The van der Waals surface area contributed by atoms with Crippen molar-refractivity contribution in [2.24, 2.45) is 0 Å². The number of ketones is 1. The molecule has 0 amide bonds. The highest BCUT2D eigenvalue weighted by Gasteiger charge is 2.01. The molecule has 0 saturated heterocycles. The maximum absolute atomic E-state index is 10.9. The van der Waals surface area contributed by atoms with E-state index in [2.05, 4.69) is 12.0 Å². The van der Waals surface area contributed by atoms with Crippen molar-refractivity contribution in [2.45, 2.75) is 20.4 Å². The molecule has 1 aromatic heterocycles. The van der Waals surface area contributed by atoms with Gasteiger partial charge in [-0.1, -0.05) is 6.92 Å². The second-order valence-electron chi connectivity index (χ2n) is 2.75. The van der Waals surface area contributed by atoms with E-state index >= 15 is 0 Å². The number of carbonyl (C=O) groups excluding carboxylic acids is 1. The Morgan fingerprint density at radius 3 is 3.00 bits per heavy atom. The van der Waals surface area contributed by atoms with Gasteiger partial charge in [0.25, 0.3) is 0 Å². The highest BCUT2D eigenvalue weighted by atomic mass is 32.2. The van der Waals surface area contributed by atoms with Crippen molar-refractivity contribution in [3.63, 3.8) is 0 Å². The fraction of sp³-hybridized carbons (Fsp3) is 0.556. The lowest BCUT2D eigenvalue weighted by Gasteiger charge is -1.98. The molecule has 1 aromatic rings. The SMILES string of the molecule is CCSCCn1cc(C(C)=O)cn1. The zero-order valence-electron chi connectivity index (χ0n) is 7.99. The fourth-order valence-electron chi connectivity index (χ4n) is 0.970. The van der Waals surface area contributed by atoms with E-state index in [1.807, 2.05) is 16.4 Å². The van der Waals surface area contributed by atoms with Crippen LogP contribution in [0.4, 0.5) is 0 Å². The van der Waals surface area contributed by atoms with Gasteiger partial charge in [0.05, 0.1) is 11.8 Å². The summed E-state index contributed by atoms with van der Waals surface area (Å²) in [6.45, 7) is 4.57. The van der Waals surface area contributed by atoms with Crippen molar-refractivity contribution < 1.29 is 4.79 Å². The fourth-order valence-corrected chi connectivity index (χ4v) is 1.57. The number of aromatic nitrogens is 2. The molecule has 0 aromatic carbocycles. The molecule has 0 aliphatic rings. The molecular formula is C9H14N2OS. The highest BCUT2D eigenvalue weighted by molar-refractivity contribution is 7.99. The third-order valence-electron chi connectivity index (χ3n) is 1.71. The van der Waals surface area contributed by atoms with Crippen molar-refractivity contribution in [1.82, 2.24) is 9.78 Å². The van der Waals surface area contributed by atoms with Crippen LogP contribution >= 0.6 is 11.8 Å². The number of carbonyl (C=O) groups is 1. The van der Waals surface area contributed by atoms with E-state index in [-0.39, 0.29) is 5.78 Å². The maximum Gasteiger partial charge on any atom is 0.162 e. The summed E-state index contributed by atoms with van der Waals surface area (Å²) in [4.78, 5) is 10.9. The molecule has 0 bridgehead atoms. The summed E-state index contributed by atoms with van der Waals surface area (Å²) < 4.78 is 1.82. The largest absolute Gasteiger partial charge is 0.294 e. The molecule has 0 radical (unpaired) electrons. The van der Waals surface area contributed by atoms with Gasteiger partial charge >= 0.3 is 0 Å². The number of hydrogen-bond acceptors (Lipinski definition) is 3. The van der Waals surface area contributed by atoms with Crippen LogP contribution in [0.25, 0.3) is 0 Å². The molecule has 0 fully saturated rings. The topological polar surface area (TPSA) is 34.9 Å². The van der Waals surface area contributed by atoms with Crippen LogP contribution in [0, 0.1) is 0 Å². The Morgan fingerprint density at radius 1 is 1.69 bits per heavy atom. The first-order valence-corrected chi connectivity index (χ1v) is 5.50. The molecule has 1 heterocycles. The zero-order valence-corrected chi connectivity index (χ0v) is 8.80.